The number of hydrogen-bond acceptors (Lipinski definition) is 2. The highest BCUT2D eigenvalue weighted by molar-refractivity contribution is 7.08. The third-order valence-electron chi connectivity index (χ3n) is 4.80. The molecule has 0 spiro atoms. The first-order valence-electron chi connectivity index (χ1n) is 10.9. The van der Waals surface area contributed by atoms with E-state index in [-0.39, 0.29) is 5.41 Å². The van der Waals surface area contributed by atoms with Gasteiger partial charge in [0.15, 0.2) is 0 Å². The molecule has 0 bridgehead atoms. The van der Waals surface area contributed by atoms with Gasteiger partial charge in [0.1, 0.15) is 0 Å². The van der Waals surface area contributed by atoms with Crippen LogP contribution in [0.1, 0.15) is 58.4 Å². The van der Waals surface area contributed by atoms with Gasteiger partial charge in [-0.3, -0.25) is 0 Å². The summed E-state index contributed by atoms with van der Waals surface area (Å²) in [5, 5.41) is 4.33. The Kier molecular flexibility index (Phi) is 10.7. The Morgan fingerprint density at radius 3 is 2.70 bits per heavy atom. The predicted molar refractivity (Wildman–Crippen MR) is 134 cm³/mol. The summed E-state index contributed by atoms with van der Waals surface area (Å²) in [7, 11) is 1.79. The summed E-state index contributed by atoms with van der Waals surface area (Å²) in [6, 6.07) is 10.9. The fraction of sp³-hybridized carbons (Fsp3) is 0.429. The van der Waals surface area contributed by atoms with E-state index < -0.39 is 0 Å². The molecule has 0 aliphatic rings. The molecule has 1 unspecified atom stereocenters. The number of thiophene rings is 1. The van der Waals surface area contributed by atoms with Crippen molar-refractivity contribution in [3.63, 3.8) is 0 Å². The molecular formula is C28H36OS. The van der Waals surface area contributed by atoms with Crippen molar-refractivity contribution in [3.05, 3.63) is 64.9 Å². The van der Waals surface area contributed by atoms with Crippen LogP contribution in [0.5, 0.6) is 0 Å². The number of allylic oxidation sites excluding steroid dienone is 3. The second kappa shape index (κ2) is 13.3. The van der Waals surface area contributed by atoms with Crippen LogP contribution in [0.15, 0.2) is 59.3 Å². The molecule has 30 heavy (non-hydrogen) atoms. The van der Waals surface area contributed by atoms with E-state index in [0.29, 0.717) is 5.92 Å². The van der Waals surface area contributed by atoms with Crippen molar-refractivity contribution in [2.75, 3.05) is 13.7 Å². The van der Waals surface area contributed by atoms with Crippen molar-refractivity contribution >= 4 is 17.4 Å². The van der Waals surface area contributed by atoms with E-state index in [9.17, 15) is 0 Å². The molecule has 0 amide bonds. The fourth-order valence-corrected chi connectivity index (χ4v) is 3.91. The molecule has 0 fully saturated rings. The van der Waals surface area contributed by atoms with E-state index in [1.165, 1.54) is 36.0 Å². The van der Waals surface area contributed by atoms with E-state index in [4.69, 9.17) is 4.74 Å². The summed E-state index contributed by atoms with van der Waals surface area (Å²) in [5.41, 5.74) is 3.94. The first-order chi connectivity index (χ1) is 14.5. The molecular weight excluding hydrogens is 384 g/mol. The lowest BCUT2D eigenvalue weighted by Gasteiger charge is -2.13. The third kappa shape index (κ3) is 10.1. The van der Waals surface area contributed by atoms with E-state index >= 15 is 0 Å². The molecule has 0 aliphatic carbocycles. The minimum atomic E-state index is 0.0645. The quantitative estimate of drug-likeness (QED) is 0.263. The van der Waals surface area contributed by atoms with Gasteiger partial charge in [0.25, 0.3) is 0 Å². The zero-order chi connectivity index (χ0) is 21.7. The van der Waals surface area contributed by atoms with Crippen molar-refractivity contribution < 1.29 is 4.74 Å². The maximum absolute atomic E-state index is 5.41. The minimum Gasteiger partial charge on any atom is -0.384 e. The van der Waals surface area contributed by atoms with Gasteiger partial charge in [-0.15, -0.1) is 0 Å². The Morgan fingerprint density at radius 1 is 1.10 bits per heavy atom. The van der Waals surface area contributed by atoms with Gasteiger partial charge in [0.2, 0.25) is 0 Å². The van der Waals surface area contributed by atoms with E-state index in [1.807, 2.05) is 6.08 Å². The monoisotopic (exact) mass is 420 g/mol. The molecule has 2 aromatic rings. The highest BCUT2D eigenvalue weighted by Gasteiger charge is 2.06. The molecule has 1 aromatic carbocycles. The smallest absolute Gasteiger partial charge is 0.0493 e. The highest BCUT2D eigenvalue weighted by Crippen LogP contribution is 2.23. The average Bonchev–Trinajstić information content (AvgIpc) is 3.24. The summed E-state index contributed by atoms with van der Waals surface area (Å²) in [6.07, 6.45) is 14.6. The Hall–Kier alpha value is -2.08. The molecule has 0 aliphatic heterocycles. The van der Waals surface area contributed by atoms with Crippen LogP contribution in [0.4, 0.5) is 0 Å². The molecule has 0 radical (unpaired) electrons. The van der Waals surface area contributed by atoms with Crippen LogP contribution < -0.4 is 0 Å². The summed E-state index contributed by atoms with van der Waals surface area (Å²) in [5.74, 6) is 6.98. The van der Waals surface area contributed by atoms with Crippen LogP contribution in [-0.4, -0.2) is 13.7 Å². The molecule has 2 heteroatoms. The number of benzene rings is 1. The van der Waals surface area contributed by atoms with Crippen LogP contribution >= 0.6 is 11.3 Å². The van der Waals surface area contributed by atoms with E-state index in [2.05, 4.69) is 91.9 Å². The number of hydrogen-bond donors (Lipinski definition) is 0. The SMILES string of the molecule is COCC(CC=CC#CC(C)(C)C)CCCCC=Cc1cccc(-c2ccsc2)c1. The molecule has 0 saturated carbocycles. The largest absolute Gasteiger partial charge is 0.384 e. The van der Waals surface area contributed by atoms with Gasteiger partial charge < -0.3 is 4.74 Å². The maximum Gasteiger partial charge on any atom is 0.0493 e. The molecule has 1 nitrogen and oxygen atoms in total. The standard InChI is InChI=1S/C28H36OS/c1-28(2,3)19-11-7-10-15-25(22-29-4)14-9-6-5-8-13-24-16-12-17-26(21-24)27-18-20-30-23-27/h7-8,10,12-13,16-18,20-21,23,25H,5-6,9,14-15,22H2,1-4H3. The van der Waals surface area contributed by atoms with Crippen LogP contribution in [0.25, 0.3) is 17.2 Å². The zero-order valence-corrected chi connectivity index (χ0v) is 19.8. The normalized spacial score (nSPS) is 12.9. The minimum absolute atomic E-state index is 0.0645. The van der Waals surface area contributed by atoms with E-state index in [0.717, 1.165) is 19.4 Å². The van der Waals surface area contributed by atoms with E-state index in [1.54, 1.807) is 18.4 Å². The Labute approximate surface area is 187 Å². The van der Waals surface area contributed by atoms with Gasteiger partial charge in [-0.1, -0.05) is 54.7 Å². The van der Waals surface area contributed by atoms with Gasteiger partial charge in [0, 0.05) is 19.1 Å². The summed E-state index contributed by atoms with van der Waals surface area (Å²) >= 11 is 1.74. The highest BCUT2D eigenvalue weighted by atomic mass is 32.1. The number of rotatable bonds is 11. The molecule has 1 heterocycles. The molecule has 1 atom stereocenters. The van der Waals surface area contributed by atoms with Crippen molar-refractivity contribution in [1.82, 2.24) is 0 Å². The number of methoxy groups -OCH3 is 1. The van der Waals surface area contributed by atoms with Crippen molar-refractivity contribution in [3.8, 4) is 23.0 Å². The van der Waals surface area contributed by atoms with Crippen LogP contribution in [0.2, 0.25) is 0 Å². The molecule has 160 valence electrons. The van der Waals surface area contributed by atoms with Crippen molar-refractivity contribution in [1.29, 1.82) is 0 Å². The van der Waals surface area contributed by atoms with Gasteiger partial charge in [0.05, 0.1) is 0 Å². The van der Waals surface area contributed by atoms with Crippen molar-refractivity contribution in [2.45, 2.75) is 52.9 Å². The number of unbranched alkanes of at least 4 members (excludes halogenated alkanes) is 2. The van der Waals surface area contributed by atoms with Gasteiger partial charge in [-0.25, -0.2) is 0 Å². The van der Waals surface area contributed by atoms with Crippen LogP contribution in [0, 0.1) is 23.2 Å². The van der Waals surface area contributed by atoms with Crippen molar-refractivity contribution in [2.24, 2.45) is 11.3 Å². The lowest BCUT2D eigenvalue weighted by molar-refractivity contribution is 0.147. The third-order valence-corrected chi connectivity index (χ3v) is 5.49. The van der Waals surface area contributed by atoms with Crippen LogP contribution in [0.3, 0.4) is 0 Å². The maximum atomic E-state index is 5.41. The Balaban J connectivity index is 1.71. The molecule has 0 saturated heterocycles. The summed E-state index contributed by atoms with van der Waals surface area (Å²) < 4.78 is 5.41. The first-order valence-corrected chi connectivity index (χ1v) is 11.9. The lowest BCUT2D eigenvalue weighted by atomic mass is 9.97. The molecule has 2 rings (SSSR count). The predicted octanol–water partition coefficient (Wildman–Crippen LogP) is 8.25. The fourth-order valence-electron chi connectivity index (χ4n) is 3.25. The van der Waals surface area contributed by atoms with Gasteiger partial charge >= 0.3 is 0 Å². The number of ether oxygens (including phenoxy) is 1. The second-order valence-electron chi connectivity index (χ2n) is 8.80. The average molecular weight is 421 g/mol. The molecule has 0 N–H and O–H groups in total. The Bertz CT molecular complexity index is 841. The molecule has 1 aromatic heterocycles. The lowest BCUT2D eigenvalue weighted by Crippen LogP contribution is -2.07. The zero-order valence-electron chi connectivity index (χ0n) is 19.0. The summed E-state index contributed by atoms with van der Waals surface area (Å²) in [6.45, 7) is 7.23. The van der Waals surface area contributed by atoms with Gasteiger partial charge in [-0.05, 0) is 98.0 Å². The topological polar surface area (TPSA) is 9.23 Å². The Morgan fingerprint density at radius 2 is 1.97 bits per heavy atom. The van der Waals surface area contributed by atoms with Crippen LogP contribution in [-0.2, 0) is 4.74 Å². The summed E-state index contributed by atoms with van der Waals surface area (Å²) in [4.78, 5) is 0. The second-order valence-corrected chi connectivity index (χ2v) is 9.58. The van der Waals surface area contributed by atoms with Gasteiger partial charge in [-0.2, -0.15) is 11.3 Å². The first kappa shape index (κ1) is 24.2.